The van der Waals surface area contributed by atoms with Gasteiger partial charge in [0.15, 0.2) is 23.0 Å². The summed E-state index contributed by atoms with van der Waals surface area (Å²) in [7, 11) is 6.26. The number of nitrogens with one attached hydrogen (secondary N) is 1. The number of halogens is 1. The third-order valence-electron chi connectivity index (χ3n) is 5.84. The fraction of sp³-hybridized carbons (Fsp3) is 0.179. The highest BCUT2D eigenvalue weighted by Crippen LogP contribution is 2.46. The second-order valence-electron chi connectivity index (χ2n) is 7.87. The van der Waals surface area contributed by atoms with E-state index in [1.807, 2.05) is 31.2 Å². The Balaban J connectivity index is 1.90. The number of carbonyl (C=O) groups is 1. The molecule has 0 unspecified atom stereocenters. The maximum atomic E-state index is 13.5. The first kappa shape index (κ1) is 24.4. The monoisotopic (exact) mass is 535 g/mol. The van der Waals surface area contributed by atoms with Crippen molar-refractivity contribution in [2.24, 2.45) is 0 Å². The lowest BCUT2D eigenvalue weighted by molar-refractivity contribution is 0.102. The average Bonchev–Trinajstić information content (AvgIpc) is 2.87. The molecule has 0 bridgehead atoms. The smallest absolute Gasteiger partial charge is 0.260 e. The normalized spacial score (nSPS) is 10.7. The Morgan fingerprint density at radius 3 is 2.09 bits per heavy atom. The minimum Gasteiger partial charge on any atom is -0.493 e. The van der Waals surface area contributed by atoms with Gasteiger partial charge in [-0.15, -0.1) is 0 Å². The van der Waals surface area contributed by atoms with Gasteiger partial charge in [0.1, 0.15) is 0 Å². The fourth-order valence-corrected chi connectivity index (χ4v) is 4.64. The Labute approximate surface area is 212 Å². The molecule has 0 aliphatic carbocycles. The summed E-state index contributed by atoms with van der Waals surface area (Å²) in [6, 6.07) is 19.3. The van der Waals surface area contributed by atoms with Crippen LogP contribution < -0.4 is 24.3 Å². The van der Waals surface area contributed by atoms with Crippen LogP contribution in [0.3, 0.4) is 0 Å². The zero-order chi connectivity index (χ0) is 25.1. The van der Waals surface area contributed by atoms with E-state index in [4.69, 9.17) is 18.9 Å². The summed E-state index contributed by atoms with van der Waals surface area (Å²) in [5, 5.41) is 4.77. The van der Waals surface area contributed by atoms with Gasteiger partial charge in [0.2, 0.25) is 0 Å². The number of anilines is 1. The fourth-order valence-electron chi connectivity index (χ4n) is 4.15. The summed E-state index contributed by atoms with van der Waals surface area (Å²) in [5.74, 6) is 1.67. The lowest BCUT2D eigenvalue weighted by Gasteiger charge is -2.19. The standard InChI is InChI=1S/C28H26BrNO5/c1-16-9-11-17(12-10-16)24-18-7-6-8-21(19(18)15-23(33-3)27(24)35-5)30-28(31)25-20(29)13-14-22(32-2)26(25)34-4/h6-15H,1-5H3,(H,30,31). The molecule has 0 spiro atoms. The molecule has 0 aliphatic heterocycles. The zero-order valence-electron chi connectivity index (χ0n) is 20.2. The topological polar surface area (TPSA) is 66.0 Å². The Morgan fingerprint density at radius 2 is 1.46 bits per heavy atom. The lowest BCUT2D eigenvalue weighted by Crippen LogP contribution is -2.15. The molecule has 1 amide bonds. The van der Waals surface area contributed by atoms with Crippen molar-refractivity contribution < 1.29 is 23.7 Å². The van der Waals surface area contributed by atoms with Crippen LogP contribution in [-0.2, 0) is 0 Å². The molecule has 0 fully saturated rings. The van der Waals surface area contributed by atoms with Crippen molar-refractivity contribution in [2.45, 2.75) is 6.92 Å². The summed E-state index contributed by atoms with van der Waals surface area (Å²) in [6.07, 6.45) is 0. The Kier molecular flexibility index (Phi) is 7.17. The molecule has 4 aromatic rings. The SMILES string of the molecule is COc1ccc(Br)c(C(=O)Nc2cccc3c(-c4ccc(C)cc4)c(OC)c(OC)cc23)c1OC. The highest BCUT2D eigenvalue weighted by Gasteiger charge is 2.23. The van der Waals surface area contributed by atoms with Crippen LogP contribution in [0.25, 0.3) is 21.9 Å². The van der Waals surface area contributed by atoms with E-state index in [9.17, 15) is 4.79 Å². The van der Waals surface area contributed by atoms with Gasteiger partial charge >= 0.3 is 0 Å². The number of aryl methyl sites for hydroxylation is 1. The minimum atomic E-state index is -0.341. The minimum absolute atomic E-state index is 0.336. The lowest BCUT2D eigenvalue weighted by atomic mass is 9.95. The van der Waals surface area contributed by atoms with E-state index in [1.165, 1.54) is 14.2 Å². The number of benzene rings is 4. The van der Waals surface area contributed by atoms with E-state index in [2.05, 4.69) is 45.5 Å². The van der Waals surface area contributed by atoms with E-state index < -0.39 is 0 Å². The summed E-state index contributed by atoms with van der Waals surface area (Å²) in [6.45, 7) is 2.04. The highest BCUT2D eigenvalue weighted by atomic mass is 79.9. The van der Waals surface area contributed by atoms with Crippen LogP contribution in [0.5, 0.6) is 23.0 Å². The number of hydrogen-bond donors (Lipinski definition) is 1. The number of ether oxygens (including phenoxy) is 4. The molecule has 4 rings (SSSR count). The quantitative estimate of drug-likeness (QED) is 0.280. The summed E-state index contributed by atoms with van der Waals surface area (Å²) < 4.78 is 22.9. The van der Waals surface area contributed by atoms with Crippen LogP contribution in [0.2, 0.25) is 0 Å². The van der Waals surface area contributed by atoms with Crippen LogP contribution in [-0.4, -0.2) is 34.3 Å². The van der Waals surface area contributed by atoms with Crippen LogP contribution in [0.15, 0.2) is 65.1 Å². The Morgan fingerprint density at radius 1 is 0.771 bits per heavy atom. The molecule has 0 saturated heterocycles. The van der Waals surface area contributed by atoms with Gasteiger partial charge in [0.05, 0.1) is 34.0 Å². The zero-order valence-corrected chi connectivity index (χ0v) is 21.8. The van der Waals surface area contributed by atoms with Gasteiger partial charge in [-0.25, -0.2) is 0 Å². The molecular formula is C28H26BrNO5. The third-order valence-corrected chi connectivity index (χ3v) is 6.50. The van der Waals surface area contributed by atoms with Gasteiger partial charge in [-0.05, 0) is 58.1 Å². The van der Waals surface area contributed by atoms with Crippen LogP contribution in [0.4, 0.5) is 5.69 Å². The van der Waals surface area contributed by atoms with Crippen molar-refractivity contribution in [1.29, 1.82) is 0 Å². The molecule has 7 heteroatoms. The first-order valence-corrected chi connectivity index (χ1v) is 11.7. The first-order chi connectivity index (χ1) is 16.9. The second-order valence-corrected chi connectivity index (χ2v) is 8.72. The predicted octanol–water partition coefficient (Wildman–Crippen LogP) is 6.86. The van der Waals surface area contributed by atoms with Crippen molar-refractivity contribution >= 4 is 38.3 Å². The first-order valence-electron chi connectivity index (χ1n) is 10.9. The second kappa shape index (κ2) is 10.3. The van der Waals surface area contributed by atoms with Crippen LogP contribution in [0, 0.1) is 6.92 Å². The number of amides is 1. The van der Waals surface area contributed by atoms with Gasteiger partial charge in [-0.1, -0.05) is 42.0 Å². The molecule has 1 N–H and O–H groups in total. The maximum absolute atomic E-state index is 13.5. The number of rotatable bonds is 7. The number of methoxy groups -OCH3 is 4. The maximum Gasteiger partial charge on any atom is 0.260 e. The van der Waals surface area contributed by atoms with Crippen molar-refractivity contribution in [1.82, 2.24) is 0 Å². The highest BCUT2D eigenvalue weighted by molar-refractivity contribution is 9.10. The molecule has 0 heterocycles. The molecule has 0 aliphatic rings. The van der Waals surface area contributed by atoms with E-state index in [-0.39, 0.29) is 5.91 Å². The summed E-state index contributed by atoms with van der Waals surface area (Å²) in [5.41, 5.74) is 3.99. The van der Waals surface area contributed by atoms with E-state index >= 15 is 0 Å². The summed E-state index contributed by atoms with van der Waals surface area (Å²) >= 11 is 3.47. The number of hydrogen-bond acceptors (Lipinski definition) is 5. The average molecular weight is 536 g/mol. The number of fused-ring (bicyclic) bond motifs is 1. The molecule has 0 radical (unpaired) electrons. The van der Waals surface area contributed by atoms with Crippen molar-refractivity contribution in [3.05, 3.63) is 76.3 Å². The van der Waals surface area contributed by atoms with Crippen molar-refractivity contribution in [3.8, 4) is 34.1 Å². The summed E-state index contributed by atoms with van der Waals surface area (Å²) in [4.78, 5) is 13.5. The molecular weight excluding hydrogens is 510 g/mol. The van der Waals surface area contributed by atoms with Gasteiger partial charge in [0, 0.05) is 21.1 Å². The predicted molar refractivity (Wildman–Crippen MR) is 142 cm³/mol. The Bertz CT molecular complexity index is 1400. The molecule has 0 saturated carbocycles. The molecule has 0 atom stereocenters. The molecule has 180 valence electrons. The molecule has 4 aromatic carbocycles. The number of carbonyl (C=O) groups excluding carboxylic acids is 1. The molecule has 0 aromatic heterocycles. The van der Waals surface area contributed by atoms with Crippen molar-refractivity contribution in [2.75, 3.05) is 33.8 Å². The van der Waals surface area contributed by atoms with E-state index in [1.54, 1.807) is 26.4 Å². The van der Waals surface area contributed by atoms with Gasteiger partial charge in [-0.2, -0.15) is 0 Å². The third kappa shape index (κ3) is 4.51. The molecule has 35 heavy (non-hydrogen) atoms. The van der Waals surface area contributed by atoms with Gasteiger partial charge in [-0.3, -0.25) is 4.79 Å². The van der Waals surface area contributed by atoms with E-state index in [0.717, 1.165) is 27.5 Å². The van der Waals surface area contributed by atoms with E-state index in [0.29, 0.717) is 38.7 Å². The van der Waals surface area contributed by atoms with Gasteiger partial charge in [0.25, 0.3) is 5.91 Å². The van der Waals surface area contributed by atoms with Crippen molar-refractivity contribution in [3.63, 3.8) is 0 Å². The van der Waals surface area contributed by atoms with Gasteiger partial charge < -0.3 is 24.3 Å². The van der Waals surface area contributed by atoms with Crippen LogP contribution in [0.1, 0.15) is 15.9 Å². The Hall–Kier alpha value is -3.71. The largest absolute Gasteiger partial charge is 0.493 e. The van der Waals surface area contributed by atoms with Crippen LogP contribution >= 0.6 is 15.9 Å². The molecule has 6 nitrogen and oxygen atoms in total.